The number of allylic oxidation sites excluding steroid dienone is 1. The van der Waals surface area contributed by atoms with Gasteiger partial charge in [-0.2, -0.15) is 14.3 Å². The number of carbonyl (C=O) groups excluding carboxylic acids is 3. The highest BCUT2D eigenvalue weighted by Crippen LogP contribution is 2.19. The Morgan fingerprint density at radius 3 is 2.50 bits per heavy atom. The van der Waals surface area contributed by atoms with Gasteiger partial charge in [-0.1, -0.05) is 12.1 Å². The van der Waals surface area contributed by atoms with Gasteiger partial charge in [0.05, 0.1) is 5.69 Å². The molecule has 2 aliphatic heterocycles. The fraction of sp³-hybridized carbons (Fsp3) is 0.136. The van der Waals surface area contributed by atoms with E-state index in [0.717, 1.165) is 21.6 Å². The first-order valence-electron chi connectivity index (χ1n) is 9.52. The zero-order chi connectivity index (χ0) is 22.8. The number of halogens is 3. The minimum absolute atomic E-state index is 0.147. The molecule has 1 N–H and O–H groups in total. The number of rotatable bonds is 5. The van der Waals surface area contributed by atoms with Gasteiger partial charge in [0.2, 0.25) is 6.04 Å². The van der Waals surface area contributed by atoms with E-state index in [0.29, 0.717) is 11.6 Å². The summed E-state index contributed by atoms with van der Waals surface area (Å²) >= 11 is 0. The average molecular weight is 441 g/mol. The molecule has 2 aromatic rings. The molecule has 1 atom stereocenters. The first kappa shape index (κ1) is 21.2. The fourth-order valence-corrected chi connectivity index (χ4v) is 3.37. The fourth-order valence-electron chi connectivity index (χ4n) is 3.37. The average Bonchev–Trinajstić information content (AvgIpc) is 2.77. The molecule has 32 heavy (non-hydrogen) atoms. The highest BCUT2D eigenvalue weighted by atomic mass is 19.1. The largest absolute Gasteiger partial charge is 0.501 e. The highest BCUT2D eigenvalue weighted by molar-refractivity contribution is 6.20. The van der Waals surface area contributed by atoms with Crippen LogP contribution in [0.3, 0.4) is 0 Å². The molecule has 0 spiro atoms. The molecule has 0 bridgehead atoms. The molecular weight excluding hydrogens is 425 g/mol. The summed E-state index contributed by atoms with van der Waals surface area (Å²) in [4.78, 5) is 43.6. The minimum Gasteiger partial charge on any atom is -0.320 e. The van der Waals surface area contributed by atoms with Crippen molar-refractivity contribution >= 4 is 35.5 Å². The third kappa shape index (κ3) is 4.20. The van der Waals surface area contributed by atoms with E-state index in [4.69, 9.17) is 0 Å². The van der Waals surface area contributed by atoms with E-state index < -0.39 is 47.9 Å². The Kier molecular flexibility index (Phi) is 5.67. The molecule has 0 saturated carbocycles. The predicted octanol–water partition coefficient (Wildman–Crippen LogP) is 2.67. The van der Waals surface area contributed by atoms with Gasteiger partial charge in [0, 0.05) is 12.3 Å². The van der Waals surface area contributed by atoms with Crippen LogP contribution < -0.4 is 5.32 Å². The Morgan fingerprint density at radius 2 is 1.78 bits per heavy atom. The number of nitrogens with zero attached hydrogens (tertiary/aromatic N) is 3. The predicted molar refractivity (Wildman–Crippen MR) is 109 cm³/mol. The molecule has 2 aliphatic rings. The second-order valence-electron chi connectivity index (χ2n) is 7.08. The van der Waals surface area contributed by atoms with Crippen molar-refractivity contribution in [3.05, 3.63) is 77.6 Å². The number of anilines is 1. The lowest BCUT2D eigenvalue weighted by Gasteiger charge is -2.26. The van der Waals surface area contributed by atoms with Crippen LogP contribution in [-0.4, -0.2) is 51.8 Å². The number of hydrogen-bond donors (Lipinski definition) is 1. The molecule has 162 valence electrons. The van der Waals surface area contributed by atoms with Crippen molar-refractivity contribution in [3.8, 4) is 0 Å². The molecule has 10 heteroatoms. The summed E-state index contributed by atoms with van der Waals surface area (Å²) < 4.78 is 41.2. The van der Waals surface area contributed by atoms with Crippen molar-refractivity contribution in [2.75, 3.05) is 11.9 Å². The van der Waals surface area contributed by atoms with Gasteiger partial charge in [-0.05, 0) is 42.0 Å². The normalized spacial score (nSPS) is 17.6. The number of carbonyl (C=O) groups is 3. The van der Waals surface area contributed by atoms with Gasteiger partial charge < -0.3 is 5.32 Å². The van der Waals surface area contributed by atoms with Crippen LogP contribution in [0.15, 0.2) is 59.6 Å². The first-order chi connectivity index (χ1) is 15.3. The van der Waals surface area contributed by atoms with Gasteiger partial charge >= 0.3 is 11.9 Å². The smallest absolute Gasteiger partial charge is 0.320 e. The molecule has 0 aromatic heterocycles. The molecule has 0 fully saturated rings. The van der Waals surface area contributed by atoms with E-state index >= 15 is 0 Å². The molecule has 0 radical (unpaired) electrons. The van der Waals surface area contributed by atoms with Crippen molar-refractivity contribution in [1.29, 1.82) is 0 Å². The zero-order valence-corrected chi connectivity index (χ0v) is 16.5. The summed E-state index contributed by atoms with van der Waals surface area (Å²) in [6.07, 6.45) is 4.42. The van der Waals surface area contributed by atoms with Gasteiger partial charge in [-0.25, -0.2) is 18.0 Å². The first-order valence-corrected chi connectivity index (χ1v) is 9.52. The molecule has 0 saturated heterocycles. The second-order valence-corrected chi connectivity index (χ2v) is 7.08. The molecule has 2 aromatic carbocycles. The molecule has 7 nitrogen and oxygen atoms in total. The standard InChI is InChI=1S/C22H15F3N4O3/c23-14-5-3-13(4-6-14)11-29-21(31)20-18(2-1-9-26-20)28(22(29)32)12-19(30)27-17-8-7-15(24)10-16(17)25/h1-10,20H,11-12H2/p+1. The summed E-state index contributed by atoms with van der Waals surface area (Å²) in [6, 6.07) is 6.14. The van der Waals surface area contributed by atoms with Crippen LogP contribution in [0.5, 0.6) is 0 Å². The van der Waals surface area contributed by atoms with E-state index in [-0.39, 0.29) is 17.9 Å². The monoisotopic (exact) mass is 441 g/mol. The summed E-state index contributed by atoms with van der Waals surface area (Å²) in [5.41, 5.74) is 0.455. The minimum atomic E-state index is -1.03. The zero-order valence-electron chi connectivity index (χ0n) is 16.5. The topological polar surface area (TPSA) is 81.8 Å². The number of nitrogens with one attached hydrogen (secondary N) is 1. The van der Waals surface area contributed by atoms with Gasteiger partial charge in [0.25, 0.3) is 5.91 Å². The van der Waals surface area contributed by atoms with Crippen molar-refractivity contribution < 1.29 is 32.1 Å². The second kappa shape index (κ2) is 8.58. The molecule has 2 heterocycles. The van der Waals surface area contributed by atoms with Crippen LogP contribution in [-0.2, 0) is 16.1 Å². The van der Waals surface area contributed by atoms with Gasteiger partial charge in [-0.3, -0.25) is 9.79 Å². The number of fused-ring (bicyclic) bond motifs is 1. The van der Waals surface area contributed by atoms with Crippen LogP contribution in [0.1, 0.15) is 5.56 Å². The molecule has 4 rings (SSSR count). The number of dihydropyridines is 1. The van der Waals surface area contributed by atoms with Crippen LogP contribution in [0, 0.1) is 17.5 Å². The number of imide groups is 1. The molecule has 0 aliphatic carbocycles. The lowest BCUT2D eigenvalue weighted by Crippen LogP contribution is -2.57. The maximum Gasteiger partial charge on any atom is 0.501 e. The van der Waals surface area contributed by atoms with E-state index in [1.807, 2.05) is 0 Å². The van der Waals surface area contributed by atoms with Crippen LogP contribution in [0.2, 0.25) is 0 Å². The Labute approximate surface area is 180 Å². The number of aliphatic imine (C=N–C) groups is 1. The third-order valence-electron chi connectivity index (χ3n) is 4.90. The van der Waals surface area contributed by atoms with E-state index in [2.05, 4.69) is 10.3 Å². The van der Waals surface area contributed by atoms with Crippen LogP contribution in [0.25, 0.3) is 0 Å². The van der Waals surface area contributed by atoms with Gasteiger partial charge in [0.15, 0.2) is 6.54 Å². The highest BCUT2D eigenvalue weighted by Gasteiger charge is 2.48. The summed E-state index contributed by atoms with van der Waals surface area (Å²) in [5.74, 6) is -3.58. The van der Waals surface area contributed by atoms with Crippen molar-refractivity contribution in [2.24, 2.45) is 4.99 Å². The lowest BCUT2D eigenvalue weighted by molar-refractivity contribution is -0.427. The van der Waals surface area contributed by atoms with Gasteiger partial charge in [-0.15, -0.1) is 0 Å². The Hall–Kier alpha value is -4.08. The molecular formula is C22H16F3N4O3+. The van der Waals surface area contributed by atoms with Crippen molar-refractivity contribution in [1.82, 2.24) is 4.90 Å². The molecule has 1 unspecified atom stereocenters. The Bertz CT molecular complexity index is 1210. The van der Waals surface area contributed by atoms with E-state index in [1.165, 1.54) is 42.6 Å². The van der Waals surface area contributed by atoms with Crippen molar-refractivity contribution in [3.63, 3.8) is 0 Å². The summed E-state index contributed by atoms with van der Waals surface area (Å²) in [7, 11) is 0. The Balaban J connectivity index is 1.61. The SMILES string of the molecule is O=C(C[N+]1=C2C=CC=NC2C(=O)N(Cc2ccc(F)cc2)C1=O)Nc1ccc(F)cc1F. The van der Waals surface area contributed by atoms with Crippen LogP contribution in [0.4, 0.5) is 23.7 Å². The molecule has 4 amide bonds. The number of benzene rings is 2. The van der Waals surface area contributed by atoms with E-state index in [9.17, 15) is 27.6 Å². The van der Waals surface area contributed by atoms with Crippen molar-refractivity contribution in [2.45, 2.75) is 12.6 Å². The third-order valence-corrected chi connectivity index (χ3v) is 4.90. The maximum absolute atomic E-state index is 13.9. The Morgan fingerprint density at radius 1 is 1.06 bits per heavy atom. The summed E-state index contributed by atoms with van der Waals surface area (Å²) in [5, 5.41) is 2.29. The number of amides is 4. The quantitative estimate of drug-likeness (QED) is 0.725. The number of urea groups is 1. The van der Waals surface area contributed by atoms with E-state index in [1.54, 1.807) is 0 Å². The summed E-state index contributed by atoms with van der Waals surface area (Å²) in [6.45, 7) is -0.680. The number of hydrogen-bond acceptors (Lipinski definition) is 4. The van der Waals surface area contributed by atoms with Gasteiger partial charge in [0.1, 0.15) is 29.7 Å². The lowest BCUT2D eigenvalue weighted by atomic mass is 10.0. The van der Waals surface area contributed by atoms with Crippen LogP contribution >= 0.6 is 0 Å². The maximum atomic E-state index is 13.9.